The lowest BCUT2D eigenvalue weighted by Crippen LogP contribution is -2.28. The van der Waals surface area contributed by atoms with Crippen LogP contribution in [0.1, 0.15) is 19.4 Å². The lowest BCUT2D eigenvalue weighted by molar-refractivity contribution is 0.148. The quantitative estimate of drug-likeness (QED) is 0.467. The Hall–Kier alpha value is 0.140. The van der Waals surface area contributed by atoms with Crippen LogP contribution in [0.4, 0.5) is 4.79 Å². The number of halogens is 5. The van der Waals surface area contributed by atoms with E-state index >= 15 is 0 Å². The molecule has 1 aliphatic carbocycles. The monoisotopic (exact) mass is 388 g/mol. The van der Waals surface area contributed by atoms with E-state index in [1.165, 1.54) is 0 Å². The van der Waals surface area contributed by atoms with Gasteiger partial charge in [0.25, 0.3) is 0 Å². The Balaban J connectivity index is 2.21. The van der Waals surface area contributed by atoms with Gasteiger partial charge in [-0.3, -0.25) is 0 Å². The van der Waals surface area contributed by atoms with Crippen LogP contribution in [0.15, 0.2) is 24.3 Å². The second-order valence-corrected chi connectivity index (χ2v) is 8.26. The van der Waals surface area contributed by atoms with E-state index in [0.29, 0.717) is 10.6 Å². The fourth-order valence-corrected chi connectivity index (χ4v) is 3.87. The number of hydrogen-bond donors (Lipinski definition) is 0. The Kier molecular flexibility index (Phi) is 4.98. The summed E-state index contributed by atoms with van der Waals surface area (Å²) in [6.07, 6.45) is -0.408. The summed E-state index contributed by atoms with van der Waals surface area (Å²) in [4.78, 5) is 10.9. The Morgan fingerprint density at radius 3 is 2.29 bits per heavy atom. The predicted octanol–water partition coefficient (Wildman–Crippen LogP) is 5.98. The largest absolute Gasteiger partial charge is 0.449 e. The average molecular weight is 391 g/mol. The second-order valence-electron chi connectivity index (χ2n) is 5.65. The molecule has 0 spiro atoms. The van der Waals surface area contributed by atoms with E-state index in [1.54, 1.807) is 24.3 Å². The molecule has 7 heteroatoms. The molecule has 2 rings (SSSR count). The Morgan fingerprint density at radius 2 is 1.81 bits per heavy atom. The summed E-state index contributed by atoms with van der Waals surface area (Å²) >= 11 is 30.5. The van der Waals surface area contributed by atoms with Crippen LogP contribution in [-0.2, 0) is 9.07 Å². The highest BCUT2D eigenvalue weighted by Crippen LogP contribution is 2.62. The maximum Gasteiger partial charge on any atom is 0.404 e. The predicted molar refractivity (Wildman–Crippen MR) is 87.9 cm³/mol. The summed E-state index contributed by atoms with van der Waals surface area (Å²) in [5.41, 5.74) is -0.562. The van der Waals surface area contributed by atoms with Gasteiger partial charge < -0.3 is 4.74 Å². The van der Waals surface area contributed by atoms with E-state index in [0.717, 1.165) is 0 Å². The third-order valence-corrected chi connectivity index (χ3v) is 5.99. The molecular weight excluding hydrogens is 377 g/mol. The molecule has 116 valence electrons. The number of benzene rings is 1. The standard InChI is InChI=1S/C14H13Cl5O2/c1-13(2)9(11(13)21-12(17)20)10(16)14(18,19)7-3-5-8(15)6-4-7/h3-6,9-11H,1-2H3/t9-,10?,11-/m1/s1. The van der Waals surface area contributed by atoms with Crippen molar-refractivity contribution >= 4 is 63.4 Å². The van der Waals surface area contributed by atoms with Gasteiger partial charge in [0.1, 0.15) is 6.10 Å². The van der Waals surface area contributed by atoms with E-state index < -0.39 is 21.2 Å². The van der Waals surface area contributed by atoms with E-state index in [2.05, 4.69) is 0 Å². The number of rotatable bonds is 4. The van der Waals surface area contributed by atoms with Crippen molar-refractivity contribution in [3.05, 3.63) is 34.9 Å². The first kappa shape index (κ1) is 17.5. The van der Waals surface area contributed by atoms with Gasteiger partial charge >= 0.3 is 5.43 Å². The van der Waals surface area contributed by atoms with Crippen molar-refractivity contribution in [2.75, 3.05) is 0 Å². The van der Waals surface area contributed by atoms with Gasteiger partial charge in [0.05, 0.1) is 5.38 Å². The molecule has 0 N–H and O–H groups in total. The molecule has 1 aliphatic rings. The van der Waals surface area contributed by atoms with E-state index in [9.17, 15) is 4.79 Å². The molecule has 2 nitrogen and oxygen atoms in total. The fourth-order valence-electron chi connectivity index (χ4n) is 2.54. The molecule has 0 aliphatic heterocycles. The van der Waals surface area contributed by atoms with Crippen LogP contribution in [0, 0.1) is 11.3 Å². The SMILES string of the molecule is CC1(C)[C@H](OC(=O)Cl)[C@H]1C(Cl)C(Cl)(Cl)c1ccc(Cl)cc1. The maximum absolute atomic E-state index is 10.9. The Bertz CT molecular complexity index is 541. The summed E-state index contributed by atoms with van der Waals surface area (Å²) in [5.74, 6) is -0.201. The summed E-state index contributed by atoms with van der Waals surface area (Å²) in [5, 5.41) is -0.0762. The summed E-state index contributed by atoms with van der Waals surface area (Å²) in [6, 6.07) is 6.81. The smallest absolute Gasteiger partial charge is 0.404 e. The highest BCUT2D eigenvalue weighted by atomic mass is 35.5. The van der Waals surface area contributed by atoms with Crippen LogP contribution in [-0.4, -0.2) is 16.9 Å². The van der Waals surface area contributed by atoms with E-state index in [4.69, 9.17) is 62.7 Å². The minimum Gasteiger partial charge on any atom is -0.449 e. The minimum atomic E-state index is -1.33. The third kappa shape index (κ3) is 3.40. The summed E-state index contributed by atoms with van der Waals surface area (Å²) in [7, 11) is 0. The molecule has 0 amide bonds. The van der Waals surface area contributed by atoms with Crippen molar-refractivity contribution in [1.82, 2.24) is 0 Å². The first-order valence-corrected chi connectivity index (χ1v) is 8.17. The molecule has 0 aromatic heterocycles. The van der Waals surface area contributed by atoms with Crippen LogP contribution >= 0.6 is 58.0 Å². The Morgan fingerprint density at radius 1 is 1.29 bits per heavy atom. The van der Waals surface area contributed by atoms with E-state index in [1.807, 2.05) is 13.8 Å². The van der Waals surface area contributed by atoms with Gasteiger partial charge in [-0.1, -0.05) is 60.8 Å². The van der Waals surface area contributed by atoms with Crippen LogP contribution in [0.2, 0.25) is 5.02 Å². The normalized spacial score (nSPS) is 25.3. The van der Waals surface area contributed by atoms with Crippen LogP contribution < -0.4 is 0 Å². The van der Waals surface area contributed by atoms with Crippen molar-refractivity contribution in [1.29, 1.82) is 0 Å². The van der Waals surface area contributed by atoms with Gasteiger partial charge in [-0.05, 0) is 17.7 Å². The summed E-state index contributed by atoms with van der Waals surface area (Å²) in [6.45, 7) is 3.84. The molecule has 1 aromatic carbocycles. The molecule has 1 fully saturated rings. The fraction of sp³-hybridized carbons (Fsp3) is 0.500. The lowest BCUT2D eigenvalue weighted by Gasteiger charge is -2.26. The summed E-state index contributed by atoms with van der Waals surface area (Å²) < 4.78 is 3.73. The van der Waals surface area contributed by atoms with Crippen LogP contribution in [0.3, 0.4) is 0 Å². The molecule has 1 aromatic rings. The van der Waals surface area contributed by atoms with Gasteiger partial charge in [0.2, 0.25) is 0 Å². The van der Waals surface area contributed by atoms with Gasteiger partial charge in [0.15, 0.2) is 4.33 Å². The third-order valence-electron chi connectivity index (χ3n) is 3.92. The number of hydrogen-bond acceptors (Lipinski definition) is 2. The van der Waals surface area contributed by atoms with Crippen molar-refractivity contribution in [3.63, 3.8) is 0 Å². The van der Waals surface area contributed by atoms with Gasteiger partial charge in [0, 0.05) is 28.0 Å². The van der Waals surface area contributed by atoms with Crippen LogP contribution in [0.25, 0.3) is 0 Å². The Labute approximate surface area is 148 Å². The van der Waals surface area contributed by atoms with Crippen LogP contribution in [0.5, 0.6) is 0 Å². The zero-order valence-electron chi connectivity index (χ0n) is 11.2. The highest BCUT2D eigenvalue weighted by molar-refractivity contribution is 6.61. The van der Waals surface area contributed by atoms with Gasteiger partial charge in [-0.15, -0.1) is 11.6 Å². The average Bonchev–Trinajstić information content (AvgIpc) is 2.89. The topological polar surface area (TPSA) is 26.3 Å². The van der Waals surface area contributed by atoms with Crippen molar-refractivity contribution < 1.29 is 9.53 Å². The van der Waals surface area contributed by atoms with E-state index in [-0.39, 0.29) is 11.3 Å². The number of carbonyl (C=O) groups excluding carboxylic acids is 1. The minimum absolute atomic E-state index is 0.201. The number of ether oxygens (including phenoxy) is 1. The molecule has 1 unspecified atom stereocenters. The molecule has 0 radical (unpaired) electrons. The highest BCUT2D eigenvalue weighted by Gasteiger charge is 2.67. The first-order chi connectivity index (χ1) is 9.58. The van der Waals surface area contributed by atoms with Gasteiger partial charge in [-0.25, -0.2) is 4.79 Å². The molecule has 0 saturated heterocycles. The molecule has 0 heterocycles. The second kappa shape index (κ2) is 5.98. The van der Waals surface area contributed by atoms with Crippen molar-refractivity contribution in [3.8, 4) is 0 Å². The number of carbonyl (C=O) groups is 1. The zero-order chi connectivity index (χ0) is 16.0. The molecule has 0 bridgehead atoms. The van der Waals surface area contributed by atoms with Gasteiger partial charge in [-0.2, -0.15) is 0 Å². The lowest BCUT2D eigenvalue weighted by atomic mass is 10.0. The zero-order valence-corrected chi connectivity index (χ0v) is 15.0. The maximum atomic E-state index is 10.9. The van der Waals surface area contributed by atoms with Crippen molar-refractivity contribution in [2.45, 2.75) is 29.7 Å². The molecular formula is C14H13Cl5O2. The number of alkyl halides is 3. The first-order valence-electron chi connectivity index (χ1n) is 6.22. The molecule has 3 atom stereocenters. The van der Waals surface area contributed by atoms with Crippen molar-refractivity contribution in [2.24, 2.45) is 11.3 Å². The molecule has 21 heavy (non-hydrogen) atoms. The molecule has 1 saturated carbocycles.